The van der Waals surface area contributed by atoms with Gasteiger partial charge in [-0.1, -0.05) is 26.0 Å². The van der Waals surface area contributed by atoms with Crippen molar-refractivity contribution in [2.75, 3.05) is 18.4 Å². The van der Waals surface area contributed by atoms with Gasteiger partial charge in [0.2, 0.25) is 5.91 Å². The number of guanidine groups is 1. The van der Waals surface area contributed by atoms with Crippen molar-refractivity contribution in [1.29, 1.82) is 0 Å². The van der Waals surface area contributed by atoms with E-state index in [-0.39, 0.29) is 35.8 Å². The second-order valence-corrected chi connectivity index (χ2v) is 5.19. The Hall–Kier alpha value is -1.31. The SMILES string of the molecule is CCN(CC)C(N)=NCc1ccc(NC(=O)C(C)C)cc1.I. The van der Waals surface area contributed by atoms with Crippen LogP contribution in [-0.2, 0) is 11.3 Å². The summed E-state index contributed by atoms with van der Waals surface area (Å²) in [6, 6.07) is 7.68. The predicted molar refractivity (Wildman–Crippen MR) is 104 cm³/mol. The highest BCUT2D eigenvalue weighted by molar-refractivity contribution is 14.0. The highest BCUT2D eigenvalue weighted by atomic mass is 127. The van der Waals surface area contributed by atoms with Crippen molar-refractivity contribution in [2.24, 2.45) is 16.6 Å². The molecule has 0 saturated carbocycles. The molecule has 0 unspecified atom stereocenters. The summed E-state index contributed by atoms with van der Waals surface area (Å²) in [7, 11) is 0. The molecule has 0 bridgehead atoms. The Bertz CT molecular complexity index is 481. The number of amides is 1. The van der Waals surface area contributed by atoms with Gasteiger partial charge in [-0.25, -0.2) is 4.99 Å². The highest BCUT2D eigenvalue weighted by Gasteiger charge is 2.06. The third-order valence-corrected chi connectivity index (χ3v) is 3.26. The van der Waals surface area contributed by atoms with Crippen molar-refractivity contribution in [3.63, 3.8) is 0 Å². The summed E-state index contributed by atoms with van der Waals surface area (Å²) in [5.41, 5.74) is 7.80. The smallest absolute Gasteiger partial charge is 0.226 e. The maximum Gasteiger partial charge on any atom is 0.226 e. The van der Waals surface area contributed by atoms with Gasteiger partial charge in [0.25, 0.3) is 0 Å². The van der Waals surface area contributed by atoms with Crippen LogP contribution in [0.25, 0.3) is 0 Å². The van der Waals surface area contributed by atoms with Gasteiger partial charge in [0.15, 0.2) is 5.96 Å². The monoisotopic (exact) mass is 418 g/mol. The molecule has 0 aliphatic rings. The van der Waals surface area contributed by atoms with Crippen LogP contribution in [0.15, 0.2) is 29.3 Å². The van der Waals surface area contributed by atoms with Gasteiger partial charge in [0, 0.05) is 24.7 Å². The van der Waals surface area contributed by atoms with Crippen LogP contribution in [0.1, 0.15) is 33.3 Å². The van der Waals surface area contributed by atoms with Crippen molar-refractivity contribution in [1.82, 2.24) is 4.90 Å². The number of carbonyl (C=O) groups is 1. The molecular weight excluding hydrogens is 391 g/mol. The minimum Gasteiger partial charge on any atom is -0.370 e. The summed E-state index contributed by atoms with van der Waals surface area (Å²) >= 11 is 0. The lowest BCUT2D eigenvalue weighted by molar-refractivity contribution is -0.118. The van der Waals surface area contributed by atoms with Gasteiger partial charge in [-0.2, -0.15) is 0 Å². The summed E-state index contributed by atoms with van der Waals surface area (Å²) in [5.74, 6) is 0.562. The number of hydrogen-bond acceptors (Lipinski definition) is 2. The molecule has 0 fully saturated rings. The number of halogens is 1. The van der Waals surface area contributed by atoms with E-state index in [4.69, 9.17) is 5.73 Å². The molecule has 0 atom stereocenters. The molecule has 124 valence electrons. The van der Waals surface area contributed by atoms with Gasteiger partial charge in [-0.05, 0) is 31.5 Å². The van der Waals surface area contributed by atoms with Gasteiger partial charge in [0.1, 0.15) is 0 Å². The molecule has 6 heteroatoms. The zero-order valence-corrected chi connectivity index (χ0v) is 16.1. The number of nitrogens with two attached hydrogens (primary N) is 1. The molecule has 0 spiro atoms. The third-order valence-electron chi connectivity index (χ3n) is 3.26. The summed E-state index contributed by atoms with van der Waals surface area (Å²) < 4.78 is 0. The first kappa shape index (κ1) is 20.7. The van der Waals surface area contributed by atoms with E-state index in [0.717, 1.165) is 24.3 Å². The Balaban J connectivity index is 0.00000441. The van der Waals surface area contributed by atoms with Crippen LogP contribution in [0.3, 0.4) is 0 Å². The van der Waals surface area contributed by atoms with E-state index in [1.807, 2.05) is 43.0 Å². The van der Waals surface area contributed by atoms with E-state index < -0.39 is 0 Å². The van der Waals surface area contributed by atoms with Gasteiger partial charge in [0.05, 0.1) is 6.54 Å². The molecule has 1 rings (SSSR count). The first-order chi connectivity index (χ1) is 9.97. The van der Waals surface area contributed by atoms with Gasteiger partial charge in [-0.15, -0.1) is 24.0 Å². The van der Waals surface area contributed by atoms with Crippen molar-refractivity contribution in [3.8, 4) is 0 Å². The zero-order chi connectivity index (χ0) is 15.8. The lowest BCUT2D eigenvalue weighted by Gasteiger charge is -2.19. The topological polar surface area (TPSA) is 70.7 Å². The minimum atomic E-state index is -0.0249. The Morgan fingerprint density at radius 3 is 2.23 bits per heavy atom. The second-order valence-electron chi connectivity index (χ2n) is 5.19. The average molecular weight is 418 g/mol. The molecule has 1 amide bonds. The molecule has 3 N–H and O–H groups in total. The van der Waals surface area contributed by atoms with Crippen LogP contribution in [0.2, 0.25) is 0 Å². The number of hydrogen-bond donors (Lipinski definition) is 2. The fourth-order valence-corrected chi connectivity index (χ4v) is 1.80. The van der Waals surface area contributed by atoms with E-state index in [0.29, 0.717) is 12.5 Å². The zero-order valence-electron chi connectivity index (χ0n) is 13.8. The highest BCUT2D eigenvalue weighted by Crippen LogP contribution is 2.11. The molecule has 0 saturated heterocycles. The van der Waals surface area contributed by atoms with Gasteiger partial charge >= 0.3 is 0 Å². The maximum atomic E-state index is 11.6. The molecule has 0 heterocycles. The summed E-state index contributed by atoms with van der Waals surface area (Å²) in [6.45, 7) is 10.1. The number of carbonyl (C=O) groups excluding carboxylic acids is 1. The Morgan fingerprint density at radius 2 is 1.77 bits per heavy atom. The molecule has 1 aromatic carbocycles. The fraction of sp³-hybridized carbons (Fsp3) is 0.500. The first-order valence-corrected chi connectivity index (χ1v) is 7.42. The van der Waals surface area contributed by atoms with E-state index in [1.165, 1.54) is 0 Å². The Kier molecular flexibility index (Phi) is 9.80. The standard InChI is InChI=1S/C16H26N4O.HI/c1-5-20(6-2)16(17)18-11-13-7-9-14(10-8-13)19-15(21)12(3)4;/h7-10,12H,5-6,11H2,1-4H3,(H2,17,18)(H,19,21);1H. The predicted octanol–water partition coefficient (Wildman–Crippen LogP) is 3.06. The van der Waals surface area contributed by atoms with Crippen LogP contribution >= 0.6 is 24.0 Å². The van der Waals surface area contributed by atoms with Gasteiger partial charge < -0.3 is 16.0 Å². The fourth-order valence-electron chi connectivity index (χ4n) is 1.80. The average Bonchev–Trinajstić information content (AvgIpc) is 2.47. The normalized spacial score (nSPS) is 11.0. The van der Waals surface area contributed by atoms with Crippen LogP contribution in [0, 0.1) is 5.92 Å². The number of anilines is 1. The number of nitrogens with zero attached hydrogens (tertiary/aromatic N) is 2. The summed E-state index contributed by atoms with van der Waals surface area (Å²) in [5, 5.41) is 2.86. The Labute approximate surface area is 150 Å². The van der Waals surface area contributed by atoms with Crippen LogP contribution in [-0.4, -0.2) is 29.9 Å². The molecule has 1 aromatic rings. The maximum absolute atomic E-state index is 11.6. The molecular formula is C16H27IN4O. The lowest BCUT2D eigenvalue weighted by atomic mass is 10.2. The molecule has 0 radical (unpaired) electrons. The quantitative estimate of drug-likeness (QED) is 0.424. The summed E-state index contributed by atoms with van der Waals surface area (Å²) in [4.78, 5) is 18.0. The van der Waals surface area contributed by atoms with Crippen molar-refractivity contribution in [2.45, 2.75) is 34.2 Å². The molecule has 0 aliphatic carbocycles. The van der Waals surface area contributed by atoms with E-state index in [1.54, 1.807) is 0 Å². The van der Waals surface area contributed by atoms with Crippen LogP contribution in [0.4, 0.5) is 5.69 Å². The molecule has 5 nitrogen and oxygen atoms in total. The third kappa shape index (κ3) is 6.64. The number of rotatable bonds is 6. The van der Waals surface area contributed by atoms with Crippen LogP contribution < -0.4 is 11.1 Å². The van der Waals surface area contributed by atoms with E-state index >= 15 is 0 Å². The van der Waals surface area contributed by atoms with E-state index in [9.17, 15) is 4.79 Å². The van der Waals surface area contributed by atoms with Crippen molar-refractivity contribution >= 4 is 41.5 Å². The lowest BCUT2D eigenvalue weighted by Crippen LogP contribution is -2.37. The summed E-state index contributed by atoms with van der Waals surface area (Å²) in [6.07, 6.45) is 0. The minimum absolute atomic E-state index is 0. The van der Waals surface area contributed by atoms with Crippen molar-refractivity contribution < 1.29 is 4.79 Å². The molecule has 0 aliphatic heterocycles. The largest absolute Gasteiger partial charge is 0.370 e. The van der Waals surface area contributed by atoms with Crippen molar-refractivity contribution in [3.05, 3.63) is 29.8 Å². The molecule has 0 aromatic heterocycles. The number of aliphatic imine (C=N–C) groups is 1. The second kappa shape index (κ2) is 10.4. The number of benzene rings is 1. The Morgan fingerprint density at radius 1 is 1.23 bits per heavy atom. The molecule has 22 heavy (non-hydrogen) atoms. The van der Waals surface area contributed by atoms with Gasteiger partial charge in [-0.3, -0.25) is 4.79 Å². The van der Waals surface area contributed by atoms with Crippen LogP contribution in [0.5, 0.6) is 0 Å². The van der Waals surface area contributed by atoms with E-state index in [2.05, 4.69) is 24.2 Å². The number of nitrogens with one attached hydrogen (secondary N) is 1. The first-order valence-electron chi connectivity index (χ1n) is 7.42.